The molecular weight excluding hydrogens is 717 g/mol. The Morgan fingerprint density at radius 3 is 1.85 bits per heavy atom. The van der Waals surface area contributed by atoms with Crippen LogP contribution in [0.25, 0.3) is 0 Å². The standard InChI is InChI=1S/C44H78NO9P/c1-6-8-10-12-14-15-16-17-18-19-20-21-22-26-31-35-44(47)53-40(39-52-55(48,49)51-37-36-45(3,4)5)38-50-43(46)34-30-27-23-25-29-33-42-41(54-42)32-28-24-13-11-9-7-2/h14-15,17-18,20-21,24,28,40-42H,6-13,16,19,22-23,25-27,29-39H2,1-5H3/p+1/b15-14-,18-17-,21-20-,28-24-/t40-,41?,42?/m1/s1. The van der Waals surface area contributed by atoms with E-state index < -0.39 is 32.5 Å². The highest BCUT2D eigenvalue weighted by Gasteiger charge is 2.36. The number of phosphoric acid groups is 1. The van der Waals surface area contributed by atoms with E-state index in [9.17, 15) is 19.0 Å². The number of allylic oxidation sites excluding steroid dienone is 7. The van der Waals surface area contributed by atoms with E-state index in [0.717, 1.165) is 77.0 Å². The van der Waals surface area contributed by atoms with Crippen LogP contribution in [0.4, 0.5) is 0 Å². The number of carbonyl (C=O) groups is 2. The Kier molecular flexibility index (Phi) is 30.5. The van der Waals surface area contributed by atoms with E-state index in [1.165, 1.54) is 38.5 Å². The molecule has 10 nitrogen and oxygen atoms in total. The summed E-state index contributed by atoms with van der Waals surface area (Å²) in [6.07, 6.45) is 38.9. The number of quaternary nitrogens is 1. The van der Waals surface area contributed by atoms with Crippen LogP contribution in [0.2, 0.25) is 0 Å². The summed E-state index contributed by atoms with van der Waals surface area (Å²) in [5.74, 6) is -0.871. The van der Waals surface area contributed by atoms with Gasteiger partial charge in [0.05, 0.1) is 40.0 Å². The first-order valence-corrected chi connectivity index (χ1v) is 23.0. The van der Waals surface area contributed by atoms with E-state index in [2.05, 4.69) is 62.5 Å². The number of carbonyl (C=O) groups excluding carboxylic acids is 2. The Balaban J connectivity index is 2.34. The van der Waals surface area contributed by atoms with Crippen LogP contribution < -0.4 is 0 Å². The Morgan fingerprint density at radius 1 is 0.673 bits per heavy atom. The summed E-state index contributed by atoms with van der Waals surface area (Å²) < 4.78 is 40.0. The van der Waals surface area contributed by atoms with Crippen molar-refractivity contribution in [1.82, 2.24) is 0 Å². The molecule has 4 atom stereocenters. The van der Waals surface area contributed by atoms with Crippen LogP contribution in [0.5, 0.6) is 0 Å². The molecule has 1 rings (SSSR count). The van der Waals surface area contributed by atoms with Crippen molar-refractivity contribution in [2.45, 2.75) is 173 Å². The third-order valence-corrected chi connectivity index (χ3v) is 10.2. The maximum atomic E-state index is 12.7. The van der Waals surface area contributed by atoms with Crippen molar-refractivity contribution in [3.05, 3.63) is 48.6 Å². The molecule has 0 radical (unpaired) electrons. The largest absolute Gasteiger partial charge is 0.472 e. The fraction of sp³-hybridized carbons (Fsp3) is 0.773. The van der Waals surface area contributed by atoms with Crippen LogP contribution >= 0.6 is 7.82 Å². The number of unbranched alkanes of at least 4 members (excludes halogenated alkanes) is 12. The maximum absolute atomic E-state index is 12.7. The van der Waals surface area contributed by atoms with E-state index in [1.54, 1.807) is 0 Å². The van der Waals surface area contributed by atoms with Gasteiger partial charge in [-0.1, -0.05) is 114 Å². The first kappa shape index (κ1) is 50.9. The third-order valence-electron chi connectivity index (χ3n) is 9.26. The van der Waals surface area contributed by atoms with Crippen molar-refractivity contribution < 1.29 is 46.8 Å². The van der Waals surface area contributed by atoms with Gasteiger partial charge in [-0.2, -0.15) is 0 Å². The molecule has 0 aromatic rings. The molecule has 55 heavy (non-hydrogen) atoms. The van der Waals surface area contributed by atoms with Crippen LogP contribution in [-0.2, 0) is 37.4 Å². The van der Waals surface area contributed by atoms with Crippen molar-refractivity contribution in [3.8, 4) is 0 Å². The average molecular weight is 797 g/mol. The zero-order chi connectivity index (χ0) is 40.5. The second kappa shape index (κ2) is 33.0. The van der Waals surface area contributed by atoms with Crippen molar-refractivity contribution in [1.29, 1.82) is 0 Å². The van der Waals surface area contributed by atoms with Gasteiger partial charge >= 0.3 is 19.8 Å². The summed E-state index contributed by atoms with van der Waals surface area (Å²) >= 11 is 0. The minimum atomic E-state index is -4.39. The SMILES string of the molecule is CCCCC/C=C\C/C=C\C/C=C\CCCCC(=O)O[C@H](COC(=O)CCCCCCCC1OC1C/C=C\CCCCC)COP(=O)(O)OCC[N+](C)(C)C. The first-order valence-electron chi connectivity index (χ1n) is 21.5. The number of epoxide rings is 1. The number of rotatable bonds is 37. The molecule has 1 heterocycles. The lowest BCUT2D eigenvalue weighted by Crippen LogP contribution is -2.37. The maximum Gasteiger partial charge on any atom is 0.472 e. The molecule has 0 bridgehead atoms. The predicted molar refractivity (Wildman–Crippen MR) is 224 cm³/mol. The molecule has 0 saturated carbocycles. The summed E-state index contributed by atoms with van der Waals surface area (Å²) in [5.41, 5.74) is 0. The van der Waals surface area contributed by atoms with Crippen molar-refractivity contribution in [2.24, 2.45) is 0 Å². The van der Waals surface area contributed by atoms with E-state index in [1.807, 2.05) is 21.1 Å². The van der Waals surface area contributed by atoms with Gasteiger partial charge < -0.3 is 23.6 Å². The molecule has 1 aliphatic heterocycles. The van der Waals surface area contributed by atoms with Gasteiger partial charge in [0.1, 0.15) is 19.8 Å². The second-order valence-corrected chi connectivity index (χ2v) is 17.2. The molecular formula is C44H79NO9P+. The summed E-state index contributed by atoms with van der Waals surface area (Å²) in [5, 5.41) is 0. The zero-order valence-electron chi connectivity index (χ0n) is 35.3. The van der Waals surface area contributed by atoms with Gasteiger partial charge in [-0.05, 0) is 77.0 Å². The molecule has 318 valence electrons. The second-order valence-electron chi connectivity index (χ2n) is 15.8. The van der Waals surface area contributed by atoms with Gasteiger partial charge in [-0.3, -0.25) is 18.6 Å². The summed E-state index contributed by atoms with van der Waals surface area (Å²) in [6.45, 7) is 4.27. The van der Waals surface area contributed by atoms with Crippen LogP contribution in [-0.4, -0.2) is 87.1 Å². The number of nitrogens with zero attached hydrogens (tertiary/aromatic N) is 1. The molecule has 11 heteroatoms. The van der Waals surface area contributed by atoms with Gasteiger partial charge in [0.2, 0.25) is 0 Å². The van der Waals surface area contributed by atoms with E-state index in [0.29, 0.717) is 36.1 Å². The zero-order valence-corrected chi connectivity index (χ0v) is 36.2. The molecule has 1 saturated heterocycles. The van der Waals surface area contributed by atoms with Gasteiger partial charge in [0, 0.05) is 12.8 Å². The minimum absolute atomic E-state index is 0.0176. The lowest BCUT2D eigenvalue weighted by Gasteiger charge is -2.24. The summed E-state index contributed by atoms with van der Waals surface area (Å²) in [6, 6.07) is 0. The smallest absolute Gasteiger partial charge is 0.462 e. The molecule has 0 aliphatic carbocycles. The fourth-order valence-corrected chi connectivity index (χ4v) is 6.47. The Morgan fingerprint density at radius 2 is 1.22 bits per heavy atom. The number of hydrogen-bond donors (Lipinski definition) is 1. The Labute approximate surface area is 335 Å². The van der Waals surface area contributed by atoms with E-state index in [4.69, 9.17) is 23.3 Å². The molecule has 1 N–H and O–H groups in total. The highest BCUT2D eigenvalue weighted by atomic mass is 31.2. The normalized spacial score (nSPS) is 17.8. The quantitative estimate of drug-likeness (QED) is 0.0163. The molecule has 0 aromatic carbocycles. The third kappa shape index (κ3) is 33.8. The topological polar surface area (TPSA) is 121 Å². The van der Waals surface area contributed by atoms with Gasteiger partial charge in [-0.25, -0.2) is 4.57 Å². The number of phosphoric ester groups is 1. The highest BCUT2D eigenvalue weighted by molar-refractivity contribution is 7.47. The lowest BCUT2D eigenvalue weighted by atomic mass is 10.1. The fourth-order valence-electron chi connectivity index (χ4n) is 5.73. The number of likely N-dealkylation sites (N-methyl/N-ethyl adjacent to an activating group) is 1. The van der Waals surface area contributed by atoms with E-state index in [-0.39, 0.29) is 26.1 Å². The van der Waals surface area contributed by atoms with Gasteiger partial charge in [0.25, 0.3) is 0 Å². The lowest BCUT2D eigenvalue weighted by molar-refractivity contribution is -0.870. The van der Waals surface area contributed by atoms with Crippen LogP contribution in [0.15, 0.2) is 48.6 Å². The first-order chi connectivity index (χ1) is 26.5. The van der Waals surface area contributed by atoms with Crippen molar-refractivity contribution >= 4 is 19.8 Å². The van der Waals surface area contributed by atoms with Crippen LogP contribution in [0.1, 0.15) is 155 Å². The molecule has 0 aromatic heterocycles. The number of esters is 2. The Bertz CT molecular complexity index is 1150. The predicted octanol–water partition coefficient (Wildman–Crippen LogP) is 10.9. The summed E-state index contributed by atoms with van der Waals surface area (Å²) in [7, 11) is 1.43. The highest BCUT2D eigenvalue weighted by Crippen LogP contribution is 2.43. The number of ether oxygens (including phenoxy) is 3. The van der Waals surface area contributed by atoms with Crippen molar-refractivity contribution in [2.75, 3.05) is 47.5 Å². The van der Waals surface area contributed by atoms with Crippen LogP contribution in [0, 0.1) is 0 Å². The van der Waals surface area contributed by atoms with E-state index >= 15 is 0 Å². The van der Waals surface area contributed by atoms with Gasteiger partial charge in [0.15, 0.2) is 6.10 Å². The average Bonchev–Trinajstić information content (AvgIpc) is 3.89. The molecule has 0 spiro atoms. The molecule has 1 aliphatic rings. The minimum Gasteiger partial charge on any atom is -0.462 e. The molecule has 1 fully saturated rings. The monoisotopic (exact) mass is 797 g/mol. The van der Waals surface area contributed by atoms with Crippen LogP contribution in [0.3, 0.4) is 0 Å². The van der Waals surface area contributed by atoms with Gasteiger partial charge in [-0.15, -0.1) is 0 Å². The van der Waals surface area contributed by atoms with Crippen molar-refractivity contribution in [3.63, 3.8) is 0 Å². The number of hydrogen-bond acceptors (Lipinski definition) is 8. The summed E-state index contributed by atoms with van der Waals surface area (Å²) in [4.78, 5) is 35.4. The molecule has 0 amide bonds. The Hall–Kier alpha value is -2.07. The molecule has 3 unspecified atom stereocenters.